The lowest BCUT2D eigenvalue weighted by molar-refractivity contribution is -0.124. The molecular weight excluding hydrogens is 245 g/mol. The molecular formula is C13H13F3O2. The third-order valence-electron chi connectivity index (χ3n) is 3.07. The average Bonchev–Trinajstić information content (AvgIpc) is 2.82. The van der Waals surface area contributed by atoms with E-state index < -0.39 is 29.2 Å². The maximum absolute atomic E-state index is 14.1. The molecule has 1 fully saturated rings. The Morgan fingerprint density at radius 1 is 1.44 bits per heavy atom. The molecule has 0 radical (unpaired) electrons. The maximum atomic E-state index is 14.1. The van der Waals surface area contributed by atoms with Crippen LogP contribution >= 0.6 is 0 Å². The van der Waals surface area contributed by atoms with Crippen molar-refractivity contribution in [3.63, 3.8) is 0 Å². The van der Waals surface area contributed by atoms with Crippen LogP contribution in [0.15, 0.2) is 18.2 Å². The van der Waals surface area contributed by atoms with Crippen LogP contribution in [0.5, 0.6) is 0 Å². The van der Waals surface area contributed by atoms with Crippen LogP contribution in [0.1, 0.15) is 35.7 Å². The van der Waals surface area contributed by atoms with Crippen molar-refractivity contribution < 1.29 is 22.7 Å². The average molecular weight is 258 g/mol. The van der Waals surface area contributed by atoms with Crippen molar-refractivity contribution in [3.05, 3.63) is 35.1 Å². The first-order valence-corrected chi connectivity index (χ1v) is 5.74. The Bertz CT molecular complexity index is 465. The lowest BCUT2D eigenvalue weighted by Crippen LogP contribution is -2.31. The normalized spacial score (nSPS) is 20.1. The van der Waals surface area contributed by atoms with Gasteiger partial charge < -0.3 is 4.74 Å². The first-order valence-electron chi connectivity index (χ1n) is 5.74. The van der Waals surface area contributed by atoms with Gasteiger partial charge in [-0.3, -0.25) is 4.79 Å². The predicted octanol–water partition coefficient (Wildman–Crippen LogP) is 3.30. The summed E-state index contributed by atoms with van der Waals surface area (Å²) >= 11 is 0. The summed E-state index contributed by atoms with van der Waals surface area (Å²) in [7, 11) is 0. The van der Waals surface area contributed by atoms with E-state index in [1.165, 1.54) is 12.1 Å². The minimum atomic E-state index is -3.41. The Kier molecular flexibility index (Phi) is 3.43. The number of Topliss-reactive ketones (excluding diaryl/α,β-unsaturated/α-hetero) is 1. The van der Waals surface area contributed by atoms with Crippen molar-refractivity contribution in [1.82, 2.24) is 0 Å². The maximum Gasteiger partial charge on any atom is 0.301 e. The molecule has 5 heteroatoms. The lowest BCUT2D eigenvalue weighted by Gasteiger charge is -2.23. The number of carbonyl (C=O) groups is 1. The van der Waals surface area contributed by atoms with Crippen LogP contribution in [0.3, 0.4) is 0 Å². The second-order valence-corrected chi connectivity index (χ2v) is 4.35. The first-order chi connectivity index (χ1) is 8.44. The highest BCUT2D eigenvalue weighted by Gasteiger charge is 2.46. The Labute approximate surface area is 103 Å². The summed E-state index contributed by atoms with van der Waals surface area (Å²) in [6.07, 6.45) is -0.584. The smallest absolute Gasteiger partial charge is 0.301 e. The molecule has 1 aliphatic heterocycles. The van der Waals surface area contributed by atoms with Crippen LogP contribution < -0.4 is 0 Å². The zero-order valence-corrected chi connectivity index (χ0v) is 9.88. The highest BCUT2D eigenvalue weighted by molar-refractivity contribution is 5.94. The second-order valence-electron chi connectivity index (χ2n) is 4.35. The number of halogens is 3. The molecule has 1 aromatic carbocycles. The van der Waals surface area contributed by atoms with Gasteiger partial charge in [0.2, 0.25) is 0 Å². The van der Waals surface area contributed by atoms with E-state index in [-0.39, 0.29) is 18.6 Å². The van der Waals surface area contributed by atoms with Crippen LogP contribution in [-0.4, -0.2) is 18.5 Å². The molecule has 0 bridgehead atoms. The number of hydrogen-bond donors (Lipinski definition) is 0. The van der Waals surface area contributed by atoms with Gasteiger partial charge in [-0.2, -0.15) is 8.78 Å². The Morgan fingerprint density at radius 3 is 2.72 bits per heavy atom. The Balaban J connectivity index is 2.43. The molecule has 0 unspecified atom stereocenters. The molecule has 2 nitrogen and oxygen atoms in total. The van der Waals surface area contributed by atoms with E-state index in [1.807, 2.05) is 0 Å². The third kappa shape index (κ3) is 2.14. The van der Waals surface area contributed by atoms with Gasteiger partial charge in [0.05, 0.1) is 11.1 Å². The number of alkyl halides is 2. The summed E-state index contributed by atoms with van der Waals surface area (Å²) in [6, 6.07) is 3.47. The van der Waals surface area contributed by atoms with Crippen molar-refractivity contribution in [3.8, 4) is 0 Å². The number of hydrogen-bond acceptors (Lipinski definition) is 2. The molecule has 1 aromatic rings. The minimum Gasteiger partial charge on any atom is -0.372 e. The largest absolute Gasteiger partial charge is 0.372 e. The van der Waals surface area contributed by atoms with E-state index in [0.717, 1.165) is 13.0 Å². The van der Waals surface area contributed by atoms with E-state index in [0.29, 0.717) is 6.42 Å². The van der Waals surface area contributed by atoms with Gasteiger partial charge in [0.1, 0.15) is 11.9 Å². The van der Waals surface area contributed by atoms with E-state index in [2.05, 4.69) is 0 Å². The van der Waals surface area contributed by atoms with E-state index >= 15 is 0 Å². The molecule has 1 aliphatic rings. The van der Waals surface area contributed by atoms with Crippen molar-refractivity contribution >= 4 is 5.78 Å². The van der Waals surface area contributed by atoms with Crippen LogP contribution in [0.25, 0.3) is 0 Å². The van der Waals surface area contributed by atoms with Gasteiger partial charge in [0.25, 0.3) is 0 Å². The number of benzene rings is 1. The monoisotopic (exact) mass is 258 g/mol. The molecule has 0 N–H and O–H groups in total. The first kappa shape index (κ1) is 13.1. The van der Waals surface area contributed by atoms with E-state index in [4.69, 9.17) is 4.74 Å². The van der Waals surface area contributed by atoms with Gasteiger partial charge in [0.15, 0.2) is 5.78 Å². The minimum absolute atomic E-state index is 0.191. The topological polar surface area (TPSA) is 26.3 Å². The standard InChI is InChI=1S/C13H13F3O2/c1-8(17)9-4-2-5-10(12(9)14)13(15,16)11-6-3-7-18-11/h2,4-5,11H,3,6-7H2,1H3/t11-/m1/s1. The lowest BCUT2D eigenvalue weighted by atomic mass is 9.97. The van der Waals surface area contributed by atoms with Crippen LogP contribution in [0.2, 0.25) is 0 Å². The Hall–Kier alpha value is -1.36. The van der Waals surface area contributed by atoms with Gasteiger partial charge in [0, 0.05) is 6.61 Å². The highest BCUT2D eigenvalue weighted by Crippen LogP contribution is 2.39. The predicted molar refractivity (Wildman–Crippen MR) is 59.3 cm³/mol. The number of carbonyl (C=O) groups excluding carboxylic acids is 1. The van der Waals surface area contributed by atoms with Crippen molar-refractivity contribution in [2.24, 2.45) is 0 Å². The van der Waals surface area contributed by atoms with Crippen molar-refractivity contribution in [2.45, 2.75) is 31.8 Å². The molecule has 0 amide bonds. The molecule has 0 aromatic heterocycles. The number of rotatable bonds is 3. The van der Waals surface area contributed by atoms with Gasteiger partial charge >= 0.3 is 5.92 Å². The van der Waals surface area contributed by atoms with Crippen molar-refractivity contribution in [1.29, 1.82) is 0 Å². The molecule has 2 rings (SSSR count). The molecule has 0 aliphatic carbocycles. The Morgan fingerprint density at radius 2 is 2.17 bits per heavy atom. The fraction of sp³-hybridized carbons (Fsp3) is 0.462. The van der Waals surface area contributed by atoms with Gasteiger partial charge in [-0.15, -0.1) is 0 Å². The van der Waals surface area contributed by atoms with Gasteiger partial charge in [-0.05, 0) is 31.9 Å². The van der Waals surface area contributed by atoms with Crippen molar-refractivity contribution in [2.75, 3.05) is 6.61 Å². The highest BCUT2D eigenvalue weighted by atomic mass is 19.3. The second kappa shape index (κ2) is 4.72. The summed E-state index contributed by atoms with van der Waals surface area (Å²) < 4.78 is 47.0. The summed E-state index contributed by atoms with van der Waals surface area (Å²) in [5.41, 5.74) is -1.08. The van der Waals surface area contributed by atoms with Crippen LogP contribution in [-0.2, 0) is 10.7 Å². The molecule has 1 heterocycles. The zero-order valence-electron chi connectivity index (χ0n) is 9.88. The molecule has 0 saturated carbocycles. The van der Waals surface area contributed by atoms with Crippen LogP contribution in [0.4, 0.5) is 13.2 Å². The quantitative estimate of drug-likeness (QED) is 0.777. The third-order valence-corrected chi connectivity index (χ3v) is 3.07. The van der Waals surface area contributed by atoms with Gasteiger partial charge in [-0.1, -0.05) is 6.07 Å². The van der Waals surface area contributed by atoms with E-state index in [1.54, 1.807) is 0 Å². The zero-order chi connectivity index (χ0) is 13.3. The summed E-state index contributed by atoms with van der Waals surface area (Å²) in [4.78, 5) is 11.2. The number of ether oxygens (including phenoxy) is 1. The van der Waals surface area contributed by atoms with E-state index in [9.17, 15) is 18.0 Å². The summed E-state index contributed by atoms with van der Waals surface area (Å²) in [5.74, 6) is -5.13. The fourth-order valence-corrected chi connectivity index (χ4v) is 2.10. The van der Waals surface area contributed by atoms with Crippen LogP contribution in [0, 0.1) is 5.82 Å². The summed E-state index contributed by atoms with van der Waals surface area (Å²) in [5, 5.41) is 0. The van der Waals surface area contributed by atoms with Gasteiger partial charge in [-0.25, -0.2) is 4.39 Å². The molecule has 1 saturated heterocycles. The molecule has 0 spiro atoms. The fourth-order valence-electron chi connectivity index (χ4n) is 2.10. The molecule has 98 valence electrons. The molecule has 18 heavy (non-hydrogen) atoms. The summed E-state index contributed by atoms with van der Waals surface area (Å²) in [6.45, 7) is 1.40. The SMILES string of the molecule is CC(=O)c1cccc(C(F)(F)[C@H]2CCCO2)c1F. The molecule has 1 atom stereocenters. The number of ketones is 1.